The number of hydrogen-bond donors (Lipinski definition) is 1. The van der Waals surface area contributed by atoms with E-state index in [4.69, 9.17) is 21.1 Å². The lowest BCUT2D eigenvalue weighted by atomic mass is 10.0. The van der Waals surface area contributed by atoms with Gasteiger partial charge in [-0.05, 0) is 56.5 Å². The van der Waals surface area contributed by atoms with Crippen molar-refractivity contribution in [1.29, 1.82) is 0 Å². The first-order chi connectivity index (χ1) is 17.1. The minimum Gasteiger partial charge on any atom is -0.482 e. The van der Waals surface area contributed by atoms with Gasteiger partial charge in [-0.15, -0.1) is 10.2 Å². The van der Waals surface area contributed by atoms with Gasteiger partial charge in [0.2, 0.25) is 5.91 Å². The Morgan fingerprint density at radius 3 is 2.47 bits per heavy atom. The van der Waals surface area contributed by atoms with Crippen LogP contribution in [0.2, 0.25) is 5.02 Å². The number of thioether (sulfide) groups is 1. The predicted molar refractivity (Wildman–Crippen MR) is 142 cm³/mol. The quantitative estimate of drug-likeness (QED) is 0.243. The molecule has 1 atom stereocenters. The number of methoxy groups -OCH3 is 1. The number of rotatable bonds is 10. The SMILES string of the molecule is COC(=O)c1cc(NC(=O)CSc2nnc(C(C)Oc3ccccc3C(C)C)n2C(C)C)ccc1Cl. The summed E-state index contributed by atoms with van der Waals surface area (Å²) in [6, 6.07) is 12.7. The van der Waals surface area contributed by atoms with Crippen molar-refractivity contribution in [1.82, 2.24) is 14.8 Å². The number of amides is 1. The zero-order valence-electron chi connectivity index (χ0n) is 21.2. The van der Waals surface area contributed by atoms with E-state index in [1.54, 1.807) is 6.07 Å². The summed E-state index contributed by atoms with van der Waals surface area (Å²) in [7, 11) is 1.27. The molecular weight excluding hydrogens is 500 g/mol. The van der Waals surface area contributed by atoms with Crippen LogP contribution < -0.4 is 10.1 Å². The molecule has 10 heteroatoms. The van der Waals surface area contributed by atoms with E-state index in [-0.39, 0.29) is 34.4 Å². The van der Waals surface area contributed by atoms with Crippen molar-refractivity contribution in [3.63, 3.8) is 0 Å². The number of halogens is 1. The Labute approximate surface area is 220 Å². The molecule has 36 heavy (non-hydrogen) atoms. The smallest absolute Gasteiger partial charge is 0.339 e. The molecule has 1 aromatic heterocycles. The maximum atomic E-state index is 12.6. The van der Waals surface area contributed by atoms with Crippen molar-refractivity contribution >= 4 is 40.9 Å². The van der Waals surface area contributed by atoms with Gasteiger partial charge in [0, 0.05) is 11.7 Å². The molecule has 3 rings (SSSR count). The molecule has 0 aliphatic rings. The van der Waals surface area contributed by atoms with Gasteiger partial charge in [0.05, 0.1) is 23.4 Å². The van der Waals surface area contributed by atoms with Crippen LogP contribution in [0, 0.1) is 0 Å². The van der Waals surface area contributed by atoms with Gasteiger partial charge in [-0.1, -0.05) is 55.4 Å². The van der Waals surface area contributed by atoms with Crippen LogP contribution in [-0.4, -0.2) is 39.5 Å². The molecule has 0 saturated carbocycles. The van der Waals surface area contributed by atoms with Crippen LogP contribution in [0.25, 0.3) is 0 Å². The number of carbonyl (C=O) groups excluding carboxylic acids is 2. The normalized spacial score (nSPS) is 12.0. The van der Waals surface area contributed by atoms with Gasteiger partial charge in [-0.3, -0.25) is 4.79 Å². The van der Waals surface area contributed by atoms with Crippen molar-refractivity contribution in [2.75, 3.05) is 18.2 Å². The van der Waals surface area contributed by atoms with Crippen LogP contribution in [0.15, 0.2) is 47.6 Å². The minimum absolute atomic E-state index is 0.0610. The molecule has 1 N–H and O–H groups in total. The summed E-state index contributed by atoms with van der Waals surface area (Å²) in [5.41, 5.74) is 1.76. The number of benzene rings is 2. The number of ether oxygens (including phenoxy) is 2. The second-order valence-corrected chi connectivity index (χ2v) is 10.1. The second-order valence-electron chi connectivity index (χ2n) is 8.78. The summed E-state index contributed by atoms with van der Waals surface area (Å²) in [4.78, 5) is 24.5. The van der Waals surface area contributed by atoms with Crippen molar-refractivity contribution in [3.8, 4) is 5.75 Å². The summed E-state index contributed by atoms with van der Waals surface area (Å²) < 4.78 is 13.0. The third-order valence-corrected chi connectivity index (χ3v) is 6.68. The van der Waals surface area contributed by atoms with E-state index in [0.717, 1.165) is 11.3 Å². The van der Waals surface area contributed by atoms with Gasteiger partial charge >= 0.3 is 5.97 Å². The topological polar surface area (TPSA) is 95.3 Å². The van der Waals surface area contributed by atoms with Gasteiger partial charge in [0.25, 0.3) is 0 Å². The van der Waals surface area contributed by atoms with Crippen LogP contribution in [0.4, 0.5) is 5.69 Å². The maximum absolute atomic E-state index is 12.6. The molecule has 1 unspecified atom stereocenters. The third kappa shape index (κ3) is 6.59. The van der Waals surface area contributed by atoms with E-state index in [2.05, 4.69) is 35.4 Å². The van der Waals surface area contributed by atoms with Crippen molar-refractivity contribution in [2.24, 2.45) is 0 Å². The highest BCUT2D eigenvalue weighted by Crippen LogP contribution is 2.32. The molecule has 192 valence electrons. The Balaban J connectivity index is 1.71. The van der Waals surface area contributed by atoms with E-state index in [1.807, 2.05) is 43.5 Å². The molecule has 1 amide bonds. The highest BCUT2D eigenvalue weighted by molar-refractivity contribution is 7.99. The highest BCUT2D eigenvalue weighted by Gasteiger charge is 2.23. The summed E-state index contributed by atoms with van der Waals surface area (Å²) in [6.07, 6.45) is -0.339. The third-order valence-electron chi connectivity index (χ3n) is 5.40. The first-order valence-electron chi connectivity index (χ1n) is 11.6. The number of anilines is 1. The first-order valence-corrected chi connectivity index (χ1v) is 13.0. The van der Waals surface area contributed by atoms with Gasteiger partial charge in [-0.25, -0.2) is 4.79 Å². The van der Waals surface area contributed by atoms with Crippen molar-refractivity contribution in [3.05, 3.63) is 64.4 Å². The Hall–Kier alpha value is -3.04. The van der Waals surface area contributed by atoms with Crippen LogP contribution in [0.3, 0.4) is 0 Å². The fourth-order valence-corrected chi connectivity index (χ4v) is 4.72. The molecule has 0 saturated heterocycles. The number of para-hydroxylation sites is 1. The molecule has 0 aliphatic heterocycles. The molecule has 8 nitrogen and oxygen atoms in total. The minimum atomic E-state index is -0.574. The number of carbonyl (C=O) groups is 2. The standard InChI is InChI=1S/C26H31ClN4O4S/c1-15(2)19-9-7-8-10-22(19)35-17(5)24-29-30-26(31(24)16(3)4)36-14-23(32)28-18-11-12-21(27)20(13-18)25(33)34-6/h7-13,15-17H,14H2,1-6H3,(H,28,32). The van der Waals surface area contributed by atoms with E-state index in [0.29, 0.717) is 22.6 Å². The van der Waals surface area contributed by atoms with Gasteiger partial charge in [0.1, 0.15) is 5.75 Å². The average Bonchev–Trinajstić information content (AvgIpc) is 3.28. The fourth-order valence-electron chi connectivity index (χ4n) is 3.65. The highest BCUT2D eigenvalue weighted by atomic mass is 35.5. The van der Waals surface area contributed by atoms with E-state index in [9.17, 15) is 9.59 Å². The molecule has 3 aromatic rings. The van der Waals surface area contributed by atoms with Crippen LogP contribution in [0.5, 0.6) is 5.75 Å². The second kappa shape index (κ2) is 12.3. The molecule has 0 radical (unpaired) electrons. The number of hydrogen-bond acceptors (Lipinski definition) is 7. The van der Waals surface area contributed by atoms with Crippen LogP contribution >= 0.6 is 23.4 Å². The van der Waals surface area contributed by atoms with Gasteiger partial charge < -0.3 is 19.4 Å². The van der Waals surface area contributed by atoms with Crippen LogP contribution in [-0.2, 0) is 9.53 Å². The Morgan fingerprint density at radius 1 is 1.08 bits per heavy atom. The lowest BCUT2D eigenvalue weighted by Crippen LogP contribution is -2.17. The molecule has 0 spiro atoms. The Kier molecular flexibility index (Phi) is 9.39. The molecule has 0 fully saturated rings. The van der Waals surface area contributed by atoms with E-state index < -0.39 is 5.97 Å². The monoisotopic (exact) mass is 530 g/mol. The Bertz CT molecular complexity index is 1230. The molecule has 0 aliphatic carbocycles. The lowest BCUT2D eigenvalue weighted by Gasteiger charge is -2.21. The zero-order valence-corrected chi connectivity index (χ0v) is 22.8. The number of aromatic nitrogens is 3. The van der Waals surface area contributed by atoms with Crippen molar-refractivity contribution < 1.29 is 19.1 Å². The predicted octanol–water partition coefficient (Wildman–Crippen LogP) is 6.29. The van der Waals surface area contributed by atoms with Crippen molar-refractivity contribution in [2.45, 2.75) is 57.8 Å². The zero-order chi connectivity index (χ0) is 26.4. The lowest BCUT2D eigenvalue weighted by molar-refractivity contribution is -0.113. The first kappa shape index (κ1) is 27.5. The number of nitrogens with one attached hydrogen (secondary N) is 1. The Morgan fingerprint density at radius 2 is 1.81 bits per heavy atom. The van der Waals surface area contributed by atoms with Gasteiger partial charge in [-0.2, -0.15) is 0 Å². The summed E-state index contributed by atoms with van der Waals surface area (Å²) in [6.45, 7) is 10.3. The summed E-state index contributed by atoms with van der Waals surface area (Å²) >= 11 is 7.33. The van der Waals surface area contributed by atoms with Gasteiger partial charge in [0.15, 0.2) is 17.1 Å². The summed E-state index contributed by atoms with van der Waals surface area (Å²) in [5.74, 6) is 1.11. The fraction of sp³-hybridized carbons (Fsp3) is 0.385. The summed E-state index contributed by atoms with van der Waals surface area (Å²) in [5, 5.41) is 12.4. The van der Waals surface area contributed by atoms with E-state index >= 15 is 0 Å². The molecule has 2 aromatic carbocycles. The number of esters is 1. The average molecular weight is 531 g/mol. The number of nitrogens with zero attached hydrogens (tertiary/aromatic N) is 3. The maximum Gasteiger partial charge on any atom is 0.339 e. The molecular formula is C26H31ClN4O4S. The van der Waals surface area contributed by atoms with E-state index in [1.165, 1.54) is 31.0 Å². The molecule has 0 bridgehead atoms. The molecule has 1 heterocycles. The van der Waals surface area contributed by atoms with Crippen LogP contribution in [0.1, 0.15) is 74.4 Å². The largest absolute Gasteiger partial charge is 0.482 e.